The number of methoxy groups -OCH3 is 1. The predicted octanol–water partition coefficient (Wildman–Crippen LogP) is 3.39. The normalized spacial score (nSPS) is 25.6. The average Bonchev–Trinajstić information content (AvgIpc) is 2.42. The van der Waals surface area contributed by atoms with E-state index in [1.165, 1.54) is 0 Å². The molecule has 1 heterocycles. The lowest BCUT2D eigenvalue weighted by molar-refractivity contribution is -0.145. The quantitative estimate of drug-likeness (QED) is 0.923. The molecule has 2 rings (SSSR count). The van der Waals surface area contributed by atoms with Crippen molar-refractivity contribution in [2.45, 2.75) is 46.5 Å². The lowest BCUT2D eigenvalue weighted by atomic mass is 9.72. The van der Waals surface area contributed by atoms with E-state index in [1.54, 1.807) is 7.11 Å². The van der Waals surface area contributed by atoms with E-state index in [1.807, 2.05) is 20.0 Å². The summed E-state index contributed by atoms with van der Waals surface area (Å²) in [6.45, 7) is 6.20. The molecule has 0 amide bonds. The van der Waals surface area contributed by atoms with E-state index < -0.39 is 5.97 Å². The van der Waals surface area contributed by atoms with Crippen LogP contribution in [0.5, 0.6) is 5.75 Å². The third-order valence-corrected chi connectivity index (χ3v) is 4.77. The highest BCUT2D eigenvalue weighted by atomic mass is 16.5. The van der Waals surface area contributed by atoms with Gasteiger partial charge in [-0.1, -0.05) is 6.92 Å². The summed E-state index contributed by atoms with van der Waals surface area (Å²) in [5.41, 5.74) is 3.04. The lowest BCUT2D eigenvalue weighted by Crippen LogP contribution is -2.31. The van der Waals surface area contributed by atoms with E-state index in [4.69, 9.17) is 4.74 Å². The van der Waals surface area contributed by atoms with Crippen LogP contribution in [0.15, 0.2) is 6.20 Å². The highest BCUT2D eigenvalue weighted by Crippen LogP contribution is 2.37. The molecule has 0 spiro atoms. The molecule has 1 aromatic heterocycles. The first-order chi connectivity index (χ1) is 9.93. The second-order valence-corrected chi connectivity index (χ2v) is 6.37. The molecular formula is C17H25NO3. The molecule has 0 saturated heterocycles. The fourth-order valence-electron chi connectivity index (χ4n) is 3.57. The second-order valence-electron chi connectivity index (χ2n) is 6.37. The summed E-state index contributed by atoms with van der Waals surface area (Å²) in [4.78, 5) is 16.0. The van der Waals surface area contributed by atoms with Gasteiger partial charge in [-0.25, -0.2) is 0 Å². The molecule has 1 aliphatic carbocycles. The molecule has 4 nitrogen and oxygen atoms in total. The summed E-state index contributed by atoms with van der Waals surface area (Å²) in [5.74, 6) is 0.733. The molecule has 4 heteroatoms. The first kappa shape index (κ1) is 15.8. The Labute approximate surface area is 126 Å². The van der Waals surface area contributed by atoms with Crippen molar-refractivity contribution in [3.8, 4) is 5.75 Å². The number of ether oxygens (including phenoxy) is 1. The van der Waals surface area contributed by atoms with Crippen LogP contribution in [0.1, 0.15) is 43.0 Å². The monoisotopic (exact) mass is 291 g/mol. The molecule has 1 aliphatic rings. The van der Waals surface area contributed by atoms with Crippen LogP contribution in [0.3, 0.4) is 0 Å². The van der Waals surface area contributed by atoms with Crippen LogP contribution in [-0.4, -0.2) is 23.2 Å². The van der Waals surface area contributed by atoms with Gasteiger partial charge in [0.15, 0.2) is 0 Å². The number of aliphatic carboxylic acids is 1. The molecule has 0 bridgehead atoms. The Kier molecular flexibility index (Phi) is 4.86. The Morgan fingerprint density at radius 1 is 1.43 bits per heavy atom. The fourth-order valence-corrected chi connectivity index (χ4v) is 3.57. The van der Waals surface area contributed by atoms with Gasteiger partial charge in [-0.15, -0.1) is 0 Å². The molecule has 0 aliphatic heterocycles. The first-order valence-corrected chi connectivity index (χ1v) is 7.65. The zero-order chi connectivity index (χ0) is 15.6. The van der Waals surface area contributed by atoms with Gasteiger partial charge in [0.2, 0.25) is 0 Å². The SMILES string of the molecule is COc1c(C)cnc(CC2CC(C)CCC2C(=O)O)c1C. The predicted molar refractivity (Wildman–Crippen MR) is 81.6 cm³/mol. The summed E-state index contributed by atoms with van der Waals surface area (Å²) in [5, 5.41) is 9.44. The third kappa shape index (κ3) is 3.36. The van der Waals surface area contributed by atoms with Crippen molar-refractivity contribution in [3.05, 3.63) is 23.0 Å². The van der Waals surface area contributed by atoms with Crippen LogP contribution in [-0.2, 0) is 11.2 Å². The molecule has 0 radical (unpaired) electrons. The Bertz CT molecular complexity index is 527. The van der Waals surface area contributed by atoms with Crippen LogP contribution in [0.2, 0.25) is 0 Å². The van der Waals surface area contributed by atoms with Gasteiger partial charge in [0.05, 0.1) is 13.0 Å². The van der Waals surface area contributed by atoms with Gasteiger partial charge in [0, 0.05) is 23.0 Å². The van der Waals surface area contributed by atoms with Crippen LogP contribution in [0.25, 0.3) is 0 Å². The number of aromatic nitrogens is 1. The van der Waals surface area contributed by atoms with Gasteiger partial charge in [-0.05, 0) is 51.4 Å². The summed E-state index contributed by atoms with van der Waals surface area (Å²) >= 11 is 0. The van der Waals surface area contributed by atoms with E-state index >= 15 is 0 Å². The van der Waals surface area contributed by atoms with Gasteiger partial charge < -0.3 is 9.84 Å². The van der Waals surface area contributed by atoms with Crippen molar-refractivity contribution < 1.29 is 14.6 Å². The highest BCUT2D eigenvalue weighted by molar-refractivity contribution is 5.70. The lowest BCUT2D eigenvalue weighted by Gasteiger charge is -2.32. The number of aryl methyl sites for hydroxylation is 1. The molecule has 1 saturated carbocycles. The standard InChI is InChI=1S/C17H25NO3/c1-10-5-6-14(17(19)20)13(7-10)8-15-12(3)16(21-4)11(2)9-18-15/h9-10,13-14H,5-8H2,1-4H3,(H,19,20). The van der Waals surface area contributed by atoms with Crippen LogP contribution < -0.4 is 4.74 Å². The van der Waals surface area contributed by atoms with Gasteiger partial charge in [-0.3, -0.25) is 9.78 Å². The smallest absolute Gasteiger partial charge is 0.306 e. The van der Waals surface area contributed by atoms with E-state index in [0.29, 0.717) is 5.92 Å². The van der Waals surface area contributed by atoms with Crippen molar-refractivity contribution in [1.82, 2.24) is 4.98 Å². The minimum Gasteiger partial charge on any atom is -0.496 e. The van der Waals surface area contributed by atoms with Crippen molar-refractivity contribution in [2.24, 2.45) is 17.8 Å². The summed E-state index contributed by atoms with van der Waals surface area (Å²) in [6, 6.07) is 0. The maximum atomic E-state index is 11.5. The molecule has 116 valence electrons. The maximum absolute atomic E-state index is 11.5. The molecule has 1 aromatic rings. The summed E-state index contributed by atoms with van der Waals surface area (Å²) < 4.78 is 5.44. The van der Waals surface area contributed by atoms with Gasteiger partial charge in [-0.2, -0.15) is 0 Å². The zero-order valence-electron chi connectivity index (χ0n) is 13.3. The molecule has 21 heavy (non-hydrogen) atoms. The molecular weight excluding hydrogens is 266 g/mol. The van der Waals surface area contributed by atoms with Crippen LogP contribution in [0.4, 0.5) is 0 Å². The third-order valence-electron chi connectivity index (χ3n) is 4.77. The van der Waals surface area contributed by atoms with Crippen molar-refractivity contribution in [2.75, 3.05) is 7.11 Å². The summed E-state index contributed by atoms with van der Waals surface area (Å²) in [7, 11) is 1.67. The number of hydrogen-bond acceptors (Lipinski definition) is 3. The van der Waals surface area contributed by atoms with Crippen molar-refractivity contribution in [1.29, 1.82) is 0 Å². The van der Waals surface area contributed by atoms with E-state index in [9.17, 15) is 9.90 Å². The highest BCUT2D eigenvalue weighted by Gasteiger charge is 2.34. The number of rotatable bonds is 4. The minimum absolute atomic E-state index is 0.171. The minimum atomic E-state index is -0.663. The number of hydrogen-bond donors (Lipinski definition) is 1. The number of pyridine rings is 1. The zero-order valence-corrected chi connectivity index (χ0v) is 13.3. The van der Waals surface area contributed by atoms with E-state index in [2.05, 4.69) is 11.9 Å². The Morgan fingerprint density at radius 3 is 2.76 bits per heavy atom. The van der Waals surface area contributed by atoms with Crippen LogP contribution >= 0.6 is 0 Å². The van der Waals surface area contributed by atoms with Gasteiger partial charge >= 0.3 is 5.97 Å². The molecule has 3 unspecified atom stereocenters. The Hall–Kier alpha value is -1.58. The second kappa shape index (κ2) is 6.46. The van der Waals surface area contributed by atoms with E-state index in [0.717, 1.165) is 48.3 Å². The molecule has 1 N–H and O–H groups in total. The van der Waals surface area contributed by atoms with Gasteiger partial charge in [0.1, 0.15) is 5.75 Å². The molecule has 0 aromatic carbocycles. The van der Waals surface area contributed by atoms with Crippen molar-refractivity contribution >= 4 is 5.97 Å². The Balaban J connectivity index is 2.25. The number of carboxylic acid groups (broad SMARTS) is 1. The number of carboxylic acids is 1. The largest absolute Gasteiger partial charge is 0.496 e. The number of nitrogens with zero attached hydrogens (tertiary/aromatic N) is 1. The van der Waals surface area contributed by atoms with Crippen molar-refractivity contribution in [3.63, 3.8) is 0 Å². The maximum Gasteiger partial charge on any atom is 0.306 e. The number of carbonyl (C=O) groups is 1. The van der Waals surface area contributed by atoms with E-state index in [-0.39, 0.29) is 11.8 Å². The van der Waals surface area contributed by atoms with Gasteiger partial charge in [0.25, 0.3) is 0 Å². The first-order valence-electron chi connectivity index (χ1n) is 7.65. The van der Waals surface area contributed by atoms with Crippen LogP contribution in [0, 0.1) is 31.6 Å². The summed E-state index contributed by atoms with van der Waals surface area (Å²) in [6.07, 6.45) is 5.31. The molecule has 1 fully saturated rings. The Morgan fingerprint density at radius 2 is 2.14 bits per heavy atom. The topological polar surface area (TPSA) is 59.4 Å². The fraction of sp³-hybridized carbons (Fsp3) is 0.647. The molecule has 3 atom stereocenters. The average molecular weight is 291 g/mol.